The van der Waals surface area contributed by atoms with E-state index in [0.29, 0.717) is 19.0 Å². The van der Waals surface area contributed by atoms with Gasteiger partial charge in [-0.3, -0.25) is 0 Å². The Balaban J connectivity index is 2.20. The van der Waals surface area contributed by atoms with Gasteiger partial charge in [-0.15, -0.1) is 0 Å². The van der Waals surface area contributed by atoms with Gasteiger partial charge in [0.2, 0.25) is 5.88 Å². The van der Waals surface area contributed by atoms with E-state index >= 15 is 0 Å². The molecule has 0 atom stereocenters. The molecule has 18 heavy (non-hydrogen) atoms. The topological polar surface area (TPSA) is 73.1 Å². The summed E-state index contributed by atoms with van der Waals surface area (Å²) in [6, 6.07) is 0. The second-order valence-corrected chi connectivity index (χ2v) is 4.90. The lowest BCUT2D eigenvalue weighted by atomic mass is 9.97. The van der Waals surface area contributed by atoms with Gasteiger partial charge in [0, 0.05) is 6.54 Å². The Morgan fingerprint density at radius 1 is 1.39 bits per heavy atom. The molecule has 0 aliphatic heterocycles. The molecule has 1 saturated carbocycles. The molecule has 1 aromatic heterocycles. The molecule has 0 amide bonds. The van der Waals surface area contributed by atoms with E-state index in [1.807, 2.05) is 13.8 Å². The average Bonchev–Trinajstić information content (AvgIpc) is 2.84. The monoisotopic (exact) mass is 250 g/mol. The van der Waals surface area contributed by atoms with Crippen molar-refractivity contribution in [1.82, 2.24) is 9.97 Å². The molecule has 2 rings (SSSR count). The molecule has 3 N–H and O–H groups in total. The molecule has 1 aromatic rings. The van der Waals surface area contributed by atoms with Crippen LogP contribution in [0.2, 0.25) is 0 Å². The number of ether oxygens (including phenoxy) is 1. The van der Waals surface area contributed by atoms with E-state index in [4.69, 9.17) is 10.5 Å². The van der Waals surface area contributed by atoms with E-state index < -0.39 is 0 Å². The third kappa shape index (κ3) is 2.56. The maximum absolute atomic E-state index is 5.93. The van der Waals surface area contributed by atoms with Crippen LogP contribution in [0.1, 0.15) is 38.2 Å². The standard InChI is InChI=1S/C13H22N4O/c1-3-18-12-10(2)11(15-9-16-12)17-13(8-14)6-4-5-7-13/h9H,3-8,14H2,1-2H3,(H,15,16,17). The predicted octanol–water partition coefficient (Wildman–Crippen LogP) is 1.87. The van der Waals surface area contributed by atoms with E-state index in [1.165, 1.54) is 12.8 Å². The number of nitrogens with one attached hydrogen (secondary N) is 1. The highest BCUT2D eigenvalue weighted by molar-refractivity contribution is 5.49. The van der Waals surface area contributed by atoms with Crippen LogP contribution < -0.4 is 15.8 Å². The van der Waals surface area contributed by atoms with Crippen LogP contribution in [-0.4, -0.2) is 28.7 Å². The van der Waals surface area contributed by atoms with Gasteiger partial charge in [-0.2, -0.15) is 0 Å². The second kappa shape index (κ2) is 5.52. The van der Waals surface area contributed by atoms with Crippen molar-refractivity contribution in [1.29, 1.82) is 0 Å². The van der Waals surface area contributed by atoms with Gasteiger partial charge in [0.05, 0.1) is 17.7 Å². The van der Waals surface area contributed by atoms with E-state index in [2.05, 4.69) is 15.3 Å². The molecule has 0 saturated heterocycles. The third-order valence-corrected chi connectivity index (χ3v) is 3.65. The zero-order valence-corrected chi connectivity index (χ0v) is 11.2. The average molecular weight is 250 g/mol. The zero-order chi connectivity index (χ0) is 13.0. The third-order valence-electron chi connectivity index (χ3n) is 3.65. The van der Waals surface area contributed by atoms with Crippen LogP contribution in [0.15, 0.2) is 6.33 Å². The Kier molecular flexibility index (Phi) is 4.01. The predicted molar refractivity (Wildman–Crippen MR) is 71.8 cm³/mol. The fourth-order valence-electron chi connectivity index (χ4n) is 2.53. The maximum Gasteiger partial charge on any atom is 0.221 e. The normalized spacial score (nSPS) is 17.7. The summed E-state index contributed by atoms with van der Waals surface area (Å²) in [6.07, 6.45) is 6.21. The van der Waals surface area contributed by atoms with Crippen molar-refractivity contribution in [3.8, 4) is 5.88 Å². The number of hydrogen-bond donors (Lipinski definition) is 2. The van der Waals surface area contributed by atoms with Crippen molar-refractivity contribution in [2.75, 3.05) is 18.5 Å². The minimum atomic E-state index is 0.00258. The lowest BCUT2D eigenvalue weighted by Gasteiger charge is -2.30. The van der Waals surface area contributed by atoms with Crippen molar-refractivity contribution in [2.24, 2.45) is 5.73 Å². The fourth-order valence-corrected chi connectivity index (χ4v) is 2.53. The summed E-state index contributed by atoms with van der Waals surface area (Å²) in [5, 5.41) is 3.52. The van der Waals surface area contributed by atoms with Crippen molar-refractivity contribution in [3.63, 3.8) is 0 Å². The minimum absolute atomic E-state index is 0.00258. The number of rotatable bonds is 5. The Morgan fingerprint density at radius 3 is 2.72 bits per heavy atom. The minimum Gasteiger partial charge on any atom is -0.478 e. The van der Waals surface area contributed by atoms with E-state index in [9.17, 15) is 0 Å². The van der Waals surface area contributed by atoms with Crippen LogP contribution in [-0.2, 0) is 0 Å². The first-order chi connectivity index (χ1) is 8.71. The molecule has 1 aliphatic rings. The maximum atomic E-state index is 5.93. The van der Waals surface area contributed by atoms with Crippen LogP contribution in [0.5, 0.6) is 5.88 Å². The van der Waals surface area contributed by atoms with Crippen LogP contribution in [0.4, 0.5) is 5.82 Å². The van der Waals surface area contributed by atoms with E-state index in [-0.39, 0.29) is 5.54 Å². The summed E-state index contributed by atoms with van der Waals surface area (Å²) < 4.78 is 5.49. The smallest absolute Gasteiger partial charge is 0.221 e. The van der Waals surface area contributed by atoms with Crippen LogP contribution in [0.3, 0.4) is 0 Å². The Labute approximate surface area is 108 Å². The van der Waals surface area contributed by atoms with Gasteiger partial charge in [0.1, 0.15) is 12.1 Å². The Hall–Kier alpha value is -1.36. The molecule has 5 nitrogen and oxygen atoms in total. The Bertz CT molecular complexity index is 402. The molecule has 1 fully saturated rings. The lowest BCUT2D eigenvalue weighted by Crippen LogP contribution is -2.43. The SMILES string of the molecule is CCOc1ncnc(NC2(CN)CCCC2)c1C. The molecular formula is C13H22N4O. The zero-order valence-electron chi connectivity index (χ0n) is 11.2. The van der Waals surface area contributed by atoms with Crippen LogP contribution in [0.25, 0.3) is 0 Å². The van der Waals surface area contributed by atoms with Gasteiger partial charge in [-0.05, 0) is 26.7 Å². The number of nitrogens with two attached hydrogens (primary N) is 1. The van der Waals surface area contributed by atoms with Crippen molar-refractivity contribution < 1.29 is 4.74 Å². The molecule has 0 bridgehead atoms. The number of anilines is 1. The van der Waals surface area contributed by atoms with Gasteiger partial charge in [0.25, 0.3) is 0 Å². The van der Waals surface area contributed by atoms with Crippen molar-refractivity contribution >= 4 is 5.82 Å². The first kappa shape index (κ1) is 13.1. The molecule has 1 heterocycles. The van der Waals surface area contributed by atoms with Gasteiger partial charge in [-0.25, -0.2) is 9.97 Å². The first-order valence-corrected chi connectivity index (χ1v) is 6.63. The number of aromatic nitrogens is 2. The molecule has 100 valence electrons. The summed E-state index contributed by atoms with van der Waals surface area (Å²) in [6.45, 7) is 5.18. The largest absolute Gasteiger partial charge is 0.478 e. The second-order valence-electron chi connectivity index (χ2n) is 4.90. The molecule has 5 heteroatoms. The molecule has 1 aliphatic carbocycles. The van der Waals surface area contributed by atoms with E-state index in [1.54, 1.807) is 6.33 Å². The van der Waals surface area contributed by atoms with Gasteiger partial charge in [-0.1, -0.05) is 12.8 Å². The summed E-state index contributed by atoms with van der Waals surface area (Å²) in [5.41, 5.74) is 6.89. The molecule has 0 spiro atoms. The Morgan fingerprint density at radius 2 is 2.11 bits per heavy atom. The quantitative estimate of drug-likeness (QED) is 0.834. The highest BCUT2D eigenvalue weighted by Gasteiger charge is 2.33. The van der Waals surface area contributed by atoms with E-state index in [0.717, 1.165) is 24.2 Å². The van der Waals surface area contributed by atoms with Gasteiger partial charge < -0.3 is 15.8 Å². The number of hydrogen-bond acceptors (Lipinski definition) is 5. The molecular weight excluding hydrogens is 228 g/mol. The molecule has 0 unspecified atom stereocenters. The van der Waals surface area contributed by atoms with Crippen molar-refractivity contribution in [2.45, 2.75) is 45.1 Å². The first-order valence-electron chi connectivity index (χ1n) is 6.63. The lowest BCUT2D eigenvalue weighted by molar-refractivity contribution is 0.323. The summed E-state index contributed by atoms with van der Waals surface area (Å²) >= 11 is 0. The summed E-state index contributed by atoms with van der Waals surface area (Å²) in [4.78, 5) is 8.47. The van der Waals surface area contributed by atoms with Crippen LogP contribution in [0, 0.1) is 6.92 Å². The van der Waals surface area contributed by atoms with Gasteiger partial charge in [0.15, 0.2) is 0 Å². The number of nitrogens with zero attached hydrogens (tertiary/aromatic N) is 2. The van der Waals surface area contributed by atoms with Crippen molar-refractivity contribution in [3.05, 3.63) is 11.9 Å². The highest BCUT2D eigenvalue weighted by Crippen LogP contribution is 2.33. The highest BCUT2D eigenvalue weighted by atomic mass is 16.5. The van der Waals surface area contributed by atoms with Gasteiger partial charge >= 0.3 is 0 Å². The molecule has 0 aromatic carbocycles. The summed E-state index contributed by atoms with van der Waals surface area (Å²) in [7, 11) is 0. The summed E-state index contributed by atoms with van der Waals surface area (Å²) in [5.74, 6) is 1.50. The molecule has 0 radical (unpaired) electrons. The fraction of sp³-hybridized carbons (Fsp3) is 0.692. The van der Waals surface area contributed by atoms with Crippen LogP contribution >= 0.6 is 0 Å².